The van der Waals surface area contributed by atoms with Crippen LogP contribution in [0.2, 0.25) is 0 Å². The molecule has 1 aromatic heterocycles. The summed E-state index contributed by atoms with van der Waals surface area (Å²) in [6.45, 7) is 4.82. The molecule has 0 aliphatic carbocycles. The van der Waals surface area contributed by atoms with Crippen molar-refractivity contribution in [2.75, 3.05) is 6.54 Å². The van der Waals surface area contributed by atoms with Crippen LogP contribution in [0.15, 0.2) is 42.7 Å². The number of carbonyl (C=O) groups is 2. The average Bonchev–Trinajstić information content (AvgIpc) is 3.30. The molecular weight excluding hydrogens is 316 g/mol. The summed E-state index contributed by atoms with van der Waals surface area (Å²) in [5.41, 5.74) is 1.92. The molecule has 1 aliphatic rings. The third-order valence-electron chi connectivity index (χ3n) is 4.53. The van der Waals surface area contributed by atoms with E-state index in [0.29, 0.717) is 13.1 Å². The van der Waals surface area contributed by atoms with Crippen LogP contribution in [0, 0.1) is 5.92 Å². The largest absolute Gasteiger partial charge is 0.350 e. The van der Waals surface area contributed by atoms with Crippen LogP contribution in [0.5, 0.6) is 0 Å². The summed E-state index contributed by atoms with van der Waals surface area (Å²) in [5, 5.41) is 7.25. The van der Waals surface area contributed by atoms with E-state index in [-0.39, 0.29) is 23.8 Å². The highest BCUT2D eigenvalue weighted by Gasteiger charge is 2.34. The second-order valence-electron chi connectivity index (χ2n) is 6.64. The Kier molecular flexibility index (Phi) is 5.16. The van der Waals surface area contributed by atoms with E-state index in [1.807, 2.05) is 50.4 Å². The highest BCUT2D eigenvalue weighted by atomic mass is 16.2. The van der Waals surface area contributed by atoms with Crippen molar-refractivity contribution in [2.24, 2.45) is 5.92 Å². The standard InChI is InChI=1S/C19H24N4O2/c1-14(2)19(25)22-11-5-9-17(22)18(24)20-13-15-7-3-4-8-16(15)23-12-6-10-21-23/h3-4,6-8,10,12,14,17H,5,9,11,13H2,1-2H3,(H,20,24). The van der Waals surface area contributed by atoms with Gasteiger partial charge in [-0.1, -0.05) is 32.0 Å². The zero-order chi connectivity index (χ0) is 17.8. The summed E-state index contributed by atoms with van der Waals surface area (Å²) < 4.78 is 1.78. The van der Waals surface area contributed by atoms with Gasteiger partial charge < -0.3 is 10.2 Å². The van der Waals surface area contributed by atoms with Gasteiger partial charge >= 0.3 is 0 Å². The Bertz CT molecular complexity index is 740. The smallest absolute Gasteiger partial charge is 0.243 e. The number of hydrogen-bond acceptors (Lipinski definition) is 3. The third kappa shape index (κ3) is 3.73. The number of nitrogens with one attached hydrogen (secondary N) is 1. The van der Waals surface area contributed by atoms with Gasteiger partial charge in [-0.2, -0.15) is 5.10 Å². The molecule has 0 bridgehead atoms. The molecule has 6 heteroatoms. The van der Waals surface area contributed by atoms with Crippen LogP contribution in [-0.4, -0.2) is 39.1 Å². The average molecular weight is 340 g/mol. The molecule has 1 aliphatic heterocycles. The highest BCUT2D eigenvalue weighted by Crippen LogP contribution is 2.20. The molecule has 0 radical (unpaired) electrons. The van der Waals surface area contributed by atoms with Crippen LogP contribution < -0.4 is 5.32 Å². The molecule has 2 heterocycles. The lowest BCUT2D eigenvalue weighted by Gasteiger charge is -2.25. The first-order valence-electron chi connectivity index (χ1n) is 8.74. The van der Waals surface area contributed by atoms with E-state index in [0.717, 1.165) is 24.1 Å². The van der Waals surface area contributed by atoms with Crippen molar-refractivity contribution in [1.82, 2.24) is 20.0 Å². The lowest BCUT2D eigenvalue weighted by atomic mass is 10.1. The minimum atomic E-state index is -0.355. The second kappa shape index (κ2) is 7.51. The van der Waals surface area contributed by atoms with Crippen molar-refractivity contribution >= 4 is 11.8 Å². The number of para-hydroxylation sites is 1. The number of aromatic nitrogens is 2. The lowest BCUT2D eigenvalue weighted by Crippen LogP contribution is -2.47. The lowest BCUT2D eigenvalue weighted by molar-refractivity contribution is -0.140. The van der Waals surface area contributed by atoms with Crippen LogP contribution in [0.4, 0.5) is 0 Å². The van der Waals surface area contributed by atoms with Gasteiger partial charge in [0.25, 0.3) is 0 Å². The van der Waals surface area contributed by atoms with Crippen LogP contribution >= 0.6 is 0 Å². The number of benzene rings is 1. The van der Waals surface area contributed by atoms with E-state index in [9.17, 15) is 9.59 Å². The zero-order valence-corrected chi connectivity index (χ0v) is 14.7. The molecule has 0 spiro atoms. The van der Waals surface area contributed by atoms with E-state index in [1.165, 1.54) is 0 Å². The Balaban J connectivity index is 1.68. The Morgan fingerprint density at radius 1 is 1.28 bits per heavy atom. The fourth-order valence-corrected chi connectivity index (χ4v) is 3.23. The summed E-state index contributed by atoms with van der Waals surface area (Å²) >= 11 is 0. The SMILES string of the molecule is CC(C)C(=O)N1CCCC1C(=O)NCc1ccccc1-n1cccn1. The maximum atomic E-state index is 12.6. The van der Waals surface area contributed by atoms with Gasteiger partial charge in [0, 0.05) is 31.4 Å². The molecule has 6 nitrogen and oxygen atoms in total. The highest BCUT2D eigenvalue weighted by molar-refractivity contribution is 5.88. The van der Waals surface area contributed by atoms with E-state index in [4.69, 9.17) is 0 Å². The van der Waals surface area contributed by atoms with Crippen molar-refractivity contribution in [1.29, 1.82) is 0 Å². The van der Waals surface area contributed by atoms with Gasteiger partial charge in [-0.3, -0.25) is 9.59 Å². The summed E-state index contributed by atoms with van der Waals surface area (Å²) in [6, 6.07) is 9.35. The Labute approximate surface area is 147 Å². The maximum Gasteiger partial charge on any atom is 0.243 e. The third-order valence-corrected chi connectivity index (χ3v) is 4.53. The fraction of sp³-hybridized carbons (Fsp3) is 0.421. The van der Waals surface area contributed by atoms with Crippen LogP contribution in [0.25, 0.3) is 5.69 Å². The Morgan fingerprint density at radius 2 is 2.08 bits per heavy atom. The predicted molar refractivity (Wildman–Crippen MR) is 95.0 cm³/mol. The van der Waals surface area contributed by atoms with Crippen LogP contribution in [0.1, 0.15) is 32.3 Å². The minimum absolute atomic E-state index is 0.0505. The molecule has 1 atom stereocenters. The van der Waals surface area contributed by atoms with Crippen molar-refractivity contribution in [3.05, 3.63) is 48.3 Å². The number of carbonyl (C=O) groups excluding carboxylic acids is 2. The molecule has 25 heavy (non-hydrogen) atoms. The monoisotopic (exact) mass is 340 g/mol. The summed E-state index contributed by atoms with van der Waals surface area (Å²) in [5.74, 6) is -0.120. The first-order valence-corrected chi connectivity index (χ1v) is 8.74. The van der Waals surface area contributed by atoms with E-state index >= 15 is 0 Å². The number of hydrogen-bond donors (Lipinski definition) is 1. The molecule has 2 aromatic rings. The summed E-state index contributed by atoms with van der Waals surface area (Å²) in [7, 11) is 0. The molecule has 1 unspecified atom stereocenters. The number of likely N-dealkylation sites (tertiary alicyclic amines) is 1. The topological polar surface area (TPSA) is 67.2 Å². The Hall–Kier alpha value is -2.63. The van der Waals surface area contributed by atoms with Gasteiger partial charge in [-0.05, 0) is 30.5 Å². The van der Waals surface area contributed by atoms with Gasteiger partial charge in [0.05, 0.1) is 5.69 Å². The zero-order valence-electron chi connectivity index (χ0n) is 14.7. The molecular formula is C19H24N4O2. The van der Waals surface area contributed by atoms with Crippen molar-refractivity contribution < 1.29 is 9.59 Å². The maximum absolute atomic E-state index is 12.6. The van der Waals surface area contributed by atoms with Crippen LogP contribution in [0.3, 0.4) is 0 Å². The van der Waals surface area contributed by atoms with Crippen molar-refractivity contribution in [3.8, 4) is 5.69 Å². The quantitative estimate of drug-likeness (QED) is 0.907. The number of amides is 2. The minimum Gasteiger partial charge on any atom is -0.350 e. The number of nitrogens with zero attached hydrogens (tertiary/aromatic N) is 3. The molecule has 2 amide bonds. The van der Waals surface area contributed by atoms with Gasteiger partial charge in [0.15, 0.2) is 0 Å². The van der Waals surface area contributed by atoms with E-state index in [1.54, 1.807) is 15.8 Å². The molecule has 132 valence electrons. The van der Waals surface area contributed by atoms with Gasteiger partial charge in [-0.15, -0.1) is 0 Å². The Morgan fingerprint density at radius 3 is 2.80 bits per heavy atom. The van der Waals surface area contributed by atoms with E-state index < -0.39 is 0 Å². The van der Waals surface area contributed by atoms with Gasteiger partial charge in [-0.25, -0.2) is 4.68 Å². The molecule has 0 saturated carbocycles. The molecule has 1 aromatic carbocycles. The summed E-state index contributed by atoms with van der Waals surface area (Å²) in [4.78, 5) is 26.6. The first kappa shape index (κ1) is 17.2. The van der Waals surface area contributed by atoms with Gasteiger partial charge in [0.1, 0.15) is 6.04 Å². The summed E-state index contributed by atoms with van der Waals surface area (Å²) in [6.07, 6.45) is 5.20. The van der Waals surface area contributed by atoms with Crippen LogP contribution in [-0.2, 0) is 16.1 Å². The molecule has 1 N–H and O–H groups in total. The molecule has 1 saturated heterocycles. The van der Waals surface area contributed by atoms with E-state index in [2.05, 4.69) is 10.4 Å². The molecule has 1 fully saturated rings. The molecule has 3 rings (SSSR count). The normalized spacial score (nSPS) is 17.1. The number of rotatable bonds is 5. The van der Waals surface area contributed by atoms with Crippen molar-refractivity contribution in [3.63, 3.8) is 0 Å². The van der Waals surface area contributed by atoms with Crippen molar-refractivity contribution in [2.45, 2.75) is 39.3 Å². The van der Waals surface area contributed by atoms with Gasteiger partial charge in [0.2, 0.25) is 11.8 Å². The second-order valence-corrected chi connectivity index (χ2v) is 6.64. The fourth-order valence-electron chi connectivity index (χ4n) is 3.23. The first-order chi connectivity index (χ1) is 12.1. The predicted octanol–water partition coefficient (Wildman–Crippen LogP) is 2.14.